The average molecular weight is 400 g/mol. The maximum absolute atomic E-state index is 9.69. The normalized spacial score (nSPS) is 12.0. The molecular weight excluding hydrogens is 378 g/mol. The Morgan fingerprint density at radius 1 is 1.04 bits per heavy atom. The van der Waals surface area contributed by atoms with Gasteiger partial charge in [0.05, 0.1) is 4.34 Å². The summed E-state index contributed by atoms with van der Waals surface area (Å²) in [5.74, 6) is 1.05. The number of halogens is 1. The van der Waals surface area contributed by atoms with E-state index >= 15 is 0 Å². The molecule has 1 aromatic heterocycles. The van der Waals surface area contributed by atoms with Crippen molar-refractivity contribution in [1.29, 1.82) is 0 Å². The lowest BCUT2D eigenvalue weighted by molar-refractivity contribution is 0.328. The smallest absolute Gasteiger partial charge is 0.119 e. The molecule has 140 valence electrons. The minimum Gasteiger partial charge on any atom is -0.508 e. The number of phenols is 1. The second-order valence-electron chi connectivity index (χ2n) is 6.05. The average Bonchev–Trinajstić information content (AvgIpc) is 3.12. The lowest BCUT2D eigenvalue weighted by Gasteiger charge is -2.16. The van der Waals surface area contributed by atoms with Gasteiger partial charge in [-0.2, -0.15) is 0 Å². The van der Waals surface area contributed by atoms with Gasteiger partial charge in [0, 0.05) is 6.54 Å². The molecule has 0 fully saturated rings. The second-order valence-corrected chi connectivity index (χ2v) is 7.60. The molecule has 1 heterocycles. The highest BCUT2D eigenvalue weighted by Gasteiger charge is 2.14. The Morgan fingerprint density at radius 3 is 2.19 bits per heavy atom. The third-order valence-electron chi connectivity index (χ3n) is 4.26. The van der Waals surface area contributed by atoms with Crippen LogP contribution in [-0.2, 0) is 0 Å². The van der Waals surface area contributed by atoms with E-state index in [1.54, 1.807) is 12.1 Å². The van der Waals surface area contributed by atoms with Gasteiger partial charge in [0.15, 0.2) is 0 Å². The fourth-order valence-corrected chi connectivity index (χ4v) is 3.93. The first-order chi connectivity index (χ1) is 13.1. The standard InChI is InChI=1S/C22H22ClNO2S/c1-2-20(17-13-21(23)27-14-17)22(15-3-7-18(25)8-4-15)16-5-9-19(10-6-16)26-12-11-24/h3-10,13-14,25H,2,11-12,24H2,1H3/b22-20+. The second kappa shape index (κ2) is 9.09. The van der Waals surface area contributed by atoms with Crippen molar-refractivity contribution in [1.82, 2.24) is 0 Å². The summed E-state index contributed by atoms with van der Waals surface area (Å²) >= 11 is 7.71. The van der Waals surface area contributed by atoms with E-state index in [0.29, 0.717) is 13.2 Å². The lowest BCUT2D eigenvalue weighted by atomic mass is 9.89. The summed E-state index contributed by atoms with van der Waals surface area (Å²) in [5.41, 5.74) is 11.1. The third-order valence-corrected chi connectivity index (χ3v) is 5.35. The molecule has 0 amide bonds. The summed E-state index contributed by atoms with van der Waals surface area (Å²) in [4.78, 5) is 0. The number of benzene rings is 2. The van der Waals surface area contributed by atoms with Gasteiger partial charge in [-0.15, -0.1) is 11.3 Å². The molecule has 0 spiro atoms. The van der Waals surface area contributed by atoms with Crippen molar-refractivity contribution in [2.75, 3.05) is 13.2 Å². The van der Waals surface area contributed by atoms with Crippen LogP contribution in [0.1, 0.15) is 30.0 Å². The molecule has 0 bridgehead atoms. The highest BCUT2D eigenvalue weighted by Crippen LogP contribution is 2.37. The topological polar surface area (TPSA) is 55.5 Å². The van der Waals surface area contributed by atoms with Crippen LogP contribution in [0.4, 0.5) is 0 Å². The minimum absolute atomic E-state index is 0.250. The highest BCUT2D eigenvalue weighted by molar-refractivity contribution is 7.14. The molecule has 3 N–H and O–H groups in total. The molecule has 0 aliphatic carbocycles. The van der Waals surface area contributed by atoms with E-state index in [0.717, 1.165) is 38.8 Å². The Kier molecular flexibility index (Phi) is 6.56. The summed E-state index contributed by atoms with van der Waals surface area (Å²) < 4.78 is 6.37. The van der Waals surface area contributed by atoms with Crippen LogP contribution < -0.4 is 10.5 Å². The Balaban J connectivity index is 2.12. The number of aromatic hydroxyl groups is 1. The van der Waals surface area contributed by atoms with Gasteiger partial charge in [-0.1, -0.05) is 42.8 Å². The minimum atomic E-state index is 0.250. The van der Waals surface area contributed by atoms with Crippen LogP contribution in [0.3, 0.4) is 0 Å². The largest absolute Gasteiger partial charge is 0.508 e. The summed E-state index contributed by atoms with van der Waals surface area (Å²) in [5, 5.41) is 11.8. The van der Waals surface area contributed by atoms with Gasteiger partial charge in [-0.25, -0.2) is 0 Å². The number of thiophene rings is 1. The van der Waals surface area contributed by atoms with Gasteiger partial charge in [0.2, 0.25) is 0 Å². The molecule has 0 saturated heterocycles. The van der Waals surface area contributed by atoms with Crippen LogP contribution in [0.2, 0.25) is 4.34 Å². The Bertz CT molecular complexity index is 914. The lowest BCUT2D eigenvalue weighted by Crippen LogP contribution is -2.10. The van der Waals surface area contributed by atoms with Gasteiger partial charge in [-0.05, 0) is 70.0 Å². The number of rotatable bonds is 7. The van der Waals surface area contributed by atoms with Crippen molar-refractivity contribution in [3.63, 3.8) is 0 Å². The summed E-state index contributed by atoms with van der Waals surface area (Å²) in [6.45, 7) is 3.12. The van der Waals surface area contributed by atoms with Crippen molar-refractivity contribution in [2.45, 2.75) is 13.3 Å². The number of ether oxygens (including phenoxy) is 1. The molecule has 5 heteroatoms. The molecule has 2 aromatic carbocycles. The highest BCUT2D eigenvalue weighted by atomic mass is 35.5. The van der Waals surface area contributed by atoms with Crippen molar-refractivity contribution >= 4 is 34.1 Å². The summed E-state index contributed by atoms with van der Waals surface area (Å²) in [7, 11) is 0. The van der Waals surface area contributed by atoms with E-state index in [4.69, 9.17) is 22.1 Å². The monoisotopic (exact) mass is 399 g/mol. The van der Waals surface area contributed by atoms with Crippen molar-refractivity contribution in [2.24, 2.45) is 5.73 Å². The van der Waals surface area contributed by atoms with E-state index < -0.39 is 0 Å². The van der Waals surface area contributed by atoms with E-state index in [1.165, 1.54) is 16.9 Å². The van der Waals surface area contributed by atoms with Gasteiger partial charge in [-0.3, -0.25) is 0 Å². The maximum atomic E-state index is 9.69. The maximum Gasteiger partial charge on any atom is 0.119 e. The van der Waals surface area contributed by atoms with Gasteiger partial charge >= 0.3 is 0 Å². The predicted molar refractivity (Wildman–Crippen MR) is 115 cm³/mol. The first-order valence-corrected chi connectivity index (χ1v) is 10.1. The van der Waals surface area contributed by atoms with Crippen molar-refractivity contribution in [3.8, 4) is 11.5 Å². The SMILES string of the molecule is CC/C(=C(/c1ccc(O)cc1)c1ccc(OCCN)cc1)c1csc(Cl)c1. The molecule has 3 rings (SSSR count). The molecule has 0 unspecified atom stereocenters. The molecule has 0 atom stereocenters. The number of phenolic OH excluding ortho intramolecular Hbond substituents is 1. The molecule has 0 aliphatic rings. The molecule has 0 saturated carbocycles. The zero-order chi connectivity index (χ0) is 19.2. The third kappa shape index (κ3) is 4.72. The molecule has 3 nitrogen and oxygen atoms in total. The van der Waals surface area contributed by atoms with Gasteiger partial charge in [0.1, 0.15) is 18.1 Å². The summed E-state index contributed by atoms with van der Waals surface area (Å²) in [6.07, 6.45) is 0.856. The summed E-state index contributed by atoms with van der Waals surface area (Å²) in [6, 6.07) is 17.3. The number of hydrogen-bond donors (Lipinski definition) is 2. The van der Waals surface area contributed by atoms with E-state index in [9.17, 15) is 5.11 Å². The Morgan fingerprint density at radius 2 is 1.67 bits per heavy atom. The van der Waals surface area contributed by atoms with Crippen LogP contribution in [0.25, 0.3) is 11.1 Å². The number of allylic oxidation sites excluding steroid dienone is 1. The Labute approximate surface area is 168 Å². The zero-order valence-corrected chi connectivity index (χ0v) is 16.7. The van der Waals surface area contributed by atoms with Crippen LogP contribution in [-0.4, -0.2) is 18.3 Å². The van der Waals surface area contributed by atoms with E-state index in [1.807, 2.05) is 30.3 Å². The van der Waals surface area contributed by atoms with Crippen LogP contribution in [0.15, 0.2) is 60.0 Å². The fraction of sp³-hybridized carbons (Fsp3) is 0.182. The first kappa shape index (κ1) is 19.5. The molecule has 3 aromatic rings. The number of nitrogens with two attached hydrogens (primary N) is 1. The fourth-order valence-electron chi connectivity index (χ4n) is 3.03. The predicted octanol–water partition coefficient (Wildman–Crippen LogP) is 5.81. The van der Waals surface area contributed by atoms with E-state index in [2.05, 4.69) is 24.4 Å². The van der Waals surface area contributed by atoms with E-state index in [-0.39, 0.29) is 5.75 Å². The van der Waals surface area contributed by atoms with Crippen LogP contribution in [0.5, 0.6) is 11.5 Å². The molecule has 0 radical (unpaired) electrons. The first-order valence-electron chi connectivity index (χ1n) is 8.82. The van der Waals surface area contributed by atoms with Crippen LogP contribution in [0, 0.1) is 0 Å². The Hall–Kier alpha value is -2.27. The van der Waals surface area contributed by atoms with Gasteiger partial charge < -0.3 is 15.6 Å². The molecule has 27 heavy (non-hydrogen) atoms. The van der Waals surface area contributed by atoms with Crippen molar-refractivity contribution < 1.29 is 9.84 Å². The quantitative estimate of drug-likeness (QED) is 0.526. The zero-order valence-electron chi connectivity index (χ0n) is 15.1. The molecular formula is C22H22ClNO2S. The number of hydrogen-bond acceptors (Lipinski definition) is 4. The molecule has 0 aliphatic heterocycles. The van der Waals surface area contributed by atoms with Crippen LogP contribution >= 0.6 is 22.9 Å². The van der Waals surface area contributed by atoms with Gasteiger partial charge in [0.25, 0.3) is 0 Å². The van der Waals surface area contributed by atoms with Crippen molar-refractivity contribution in [3.05, 3.63) is 81.0 Å².